The van der Waals surface area contributed by atoms with Crippen LogP contribution >= 0.6 is 11.6 Å². The third kappa shape index (κ3) is 4.68. The zero-order valence-electron chi connectivity index (χ0n) is 14.6. The minimum atomic E-state index is -0.486. The number of hydrogen-bond donors (Lipinski definition) is 3. The van der Waals surface area contributed by atoms with Crippen molar-refractivity contribution in [2.45, 2.75) is 18.4 Å². The number of rotatable bonds is 4. The van der Waals surface area contributed by atoms with Crippen molar-refractivity contribution in [3.63, 3.8) is 0 Å². The topological polar surface area (TPSA) is 79.5 Å². The van der Waals surface area contributed by atoms with Crippen LogP contribution in [0.5, 0.6) is 5.75 Å². The van der Waals surface area contributed by atoms with E-state index in [1.165, 1.54) is 13.2 Å². The zero-order valence-corrected chi connectivity index (χ0v) is 15.3. The van der Waals surface area contributed by atoms with Crippen LogP contribution in [-0.4, -0.2) is 31.6 Å². The number of piperidine rings is 1. The Morgan fingerprint density at radius 2 is 2.00 bits per heavy atom. The Labute approximate surface area is 161 Å². The molecule has 3 rings (SSSR count). The zero-order chi connectivity index (χ0) is 19.4. The second-order valence-corrected chi connectivity index (χ2v) is 6.65. The molecule has 0 bridgehead atoms. The second kappa shape index (κ2) is 8.26. The van der Waals surface area contributed by atoms with Crippen LogP contribution in [0.25, 0.3) is 0 Å². The fourth-order valence-electron chi connectivity index (χ4n) is 3.06. The minimum absolute atomic E-state index is 0.0785. The normalized spacial score (nSPS) is 19.1. The van der Waals surface area contributed by atoms with Crippen molar-refractivity contribution >= 4 is 29.2 Å². The number of amides is 3. The first-order valence-corrected chi connectivity index (χ1v) is 8.77. The predicted molar refractivity (Wildman–Crippen MR) is 101 cm³/mol. The summed E-state index contributed by atoms with van der Waals surface area (Å²) in [5, 5.41) is 8.77. The van der Waals surface area contributed by atoms with Crippen LogP contribution in [0.3, 0.4) is 0 Å². The quantitative estimate of drug-likeness (QED) is 0.748. The number of carbonyl (C=O) groups excluding carboxylic acids is 2. The van der Waals surface area contributed by atoms with Gasteiger partial charge in [-0.2, -0.15) is 0 Å². The van der Waals surface area contributed by atoms with Crippen molar-refractivity contribution in [3.8, 4) is 5.75 Å². The number of halogens is 2. The van der Waals surface area contributed by atoms with Crippen LogP contribution in [0, 0.1) is 5.82 Å². The highest BCUT2D eigenvalue weighted by molar-refractivity contribution is 6.30. The number of nitrogens with one attached hydrogen (secondary N) is 3. The van der Waals surface area contributed by atoms with Crippen LogP contribution < -0.4 is 20.7 Å². The van der Waals surface area contributed by atoms with E-state index in [2.05, 4.69) is 16.0 Å². The fraction of sp³-hybridized carbons (Fsp3) is 0.263. The van der Waals surface area contributed by atoms with Gasteiger partial charge in [0, 0.05) is 35.7 Å². The Balaban J connectivity index is 1.74. The van der Waals surface area contributed by atoms with Crippen LogP contribution in [-0.2, 0) is 4.79 Å². The van der Waals surface area contributed by atoms with Gasteiger partial charge in [-0.15, -0.1) is 0 Å². The molecular weight excluding hydrogens is 373 g/mol. The van der Waals surface area contributed by atoms with Crippen LogP contribution in [0.1, 0.15) is 17.9 Å². The van der Waals surface area contributed by atoms with Crippen LogP contribution in [0.4, 0.5) is 14.9 Å². The molecule has 142 valence electrons. The largest absolute Gasteiger partial charge is 0.497 e. The highest BCUT2D eigenvalue weighted by Crippen LogP contribution is 2.30. The molecule has 0 saturated carbocycles. The van der Waals surface area contributed by atoms with E-state index in [1.807, 2.05) is 0 Å². The number of hydrogen-bond acceptors (Lipinski definition) is 3. The third-order valence-electron chi connectivity index (χ3n) is 4.44. The van der Waals surface area contributed by atoms with E-state index in [0.29, 0.717) is 22.0 Å². The lowest BCUT2D eigenvalue weighted by molar-refractivity contribution is -0.123. The van der Waals surface area contributed by atoms with Gasteiger partial charge in [0.25, 0.3) is 0 Å². The van der Waals surface area contributed by atoms with Crippen molar-refractivity contribution < 1.29 is 18.7 Å². The molecule has 0 spiro atoms. The van der Waals surface area contributed by atoms with Gasteiger partial charge >= 0.3 is 6.03 Å². The van der Waals surface area contributed by atoms with Crippen molar-refractivity contribution in [1.82, 2.24) is 10.6 Å². The maximum absolute atomic E-state index is 14.5. The van der Waals surface area contributed by atoms with E-state index < -0.39 is 23.8 Å². The molecule has 1 unspecified atom stereocenters. The summed E-state index contributed by atoms with van der Waals surface area (Å²) in [6, 6.07) is 10.2. The van der Waals surface area contributed by atoms with Crippen LogP contribution in [0.2, 0.25) is 5.02 Å². The maximum atomic E-state index is 14.5. The van der Waals surface area contributed by atoms with Gasteiger partial charge in [-0.25, -0.2) is 9.18 Å². The number of benzene rings is 2. The summed E-state index contributed by atoms with van der Waals surface area (Å²) in [7, 11) is 1.45. The molecule has 2 atom stereocenters. The summed E-state index contributed by atoms with van der Waals surface area (Å²) < 4.78 is 19.5. The fourth-order valence-corrected chi connectivity index (χ4v) is 3.19. The molecule has 3 amide bonds. The molecule has 27 heavy (non-hydrogen) atoms. The smallest absolute Gasteiger partial charge is 0.319 e. The summed E-state index contributed by atoms with van der Waals surface area (Å²) in [4.78, 5) is 24.2. The maximum Gasteiger partial charge on any atom is 0.319 e. The van der Waals surface area contributed by atoms with Crippen molar-refractivity contribution in [2.24, 2.45) is 0 Å². The summed E-state index contributed by atoms with van der Waals surface area (Å²) in [6.45, 7) is 0.211. The number of urea groups is 1. The molecule has 2 aromatic rings. The third-order valence-corrected chi connectivity index (χ3v) is 4.69. The predicted octanol–water partition coefficient (Wildman–Crippen LogP) is 3.28. The van der Waals surface area contributed by atoms with Crippen molar-refractivity contribution in [1.29, 1.82) is 0 Å². The number of anilines is 1. The van der Waals surface area contributed by atoms with Gasteiger partial charge in [0.15, 0.2) is 0 Å². The van der Waals surface area contributed by atoms with Gasteiger partial charge in [0.05, 0.1) is 13.2 Å². The average Bonchev–Trinajstić information content (AvgIpc) is 2.65. The SMILES string of the molecule is COc1ccc(C2CC(=O)NC[C@H]2NC(=O)Nc2ccc(Cl)cc2)c(F)c1. The number of methoxy groups -OCH3 is 1. The van der Waals surface area contributed by atoms with Gasteiger partial charge in [0.2, 0.25) is 5.91 Å². The van der Waals surface area contributed by atoms with Gasteiger partial charge in [-0.05, 0) is 35.9 Å². The lowest BCUT2D eigenvalue weighted by Crippen LogP contribution is -2.53. The second-order valence-electron chi connectivity index (χ2n) is 6.21. The van der Waals surface area contributed by atoms with Crippen molar-refractivity contribution in [3.05, 3.63) is 58.9 Å². The highest BCUT2D eigenvalue weighted by atomic mass is 35.5. The Bertz CT molecular complexity index is 845. The summed E-state index contributed by atoms with van der Waals surface area (Å²) >= 11 is 5.83. The van der Waals surface area contributed by atoms with Gasteiger partial charge < -0.3 is 20.7 Å². The summed E-state index contributed by atoms with van der Waals surface area (Å²) in [5.74, 6) is -0.757. The molecule has 8 heteroatoms. The Kier molecular flexibility index (Phi) is 5.81. The first-order valence-electron chi connectivity index (χ1n) is 8.39. The molecule has 0 radical (unpaired) electrons. The standard InChI is InChI=1S/C19H19ClFN3O3/c1-27-13-6-7-14(16(21)8-13)15-9-18(25)22-10-17(15)24-19(26)23-12-4-2-11(20)3-5-12/h2-8,15,17H,9-10H2,1H3,(H,22,25)(H2,23,24,26)/t15?,17-/m1/s1. The van der Waals surface area contributed by atoms with E-state index in [0.717, 1.165) is 0 Å². The highest BCUT2D eigenvalue weighted by Gasteiger charge is 2.33. The minimum Gasteiger partial charge on any atom is -0.497 e. The average molecular weight is 392 g/mol. The number of ether oxygens (including phenoxy) is 1. The molecule has 3 N–H and O–H groups in total. The summed E-state index contributed by atoms with van der Waals surface area (Å²) in [5.41, 5.74) is 0.936. The van der Waals surface area contributed by atoms with Gasteiger partial charge in [0.1, 0.15) is 11.6 Å². The Hall–Kier alpha value is -2.80. The number of carbonyl (C=O) groups is 2. The van der Waals surface area contributed by atoms with Crippen molar-refractivity contribution in [2.75, 3.05) is 19.0 Å². The molecule has 1 heterocycles. The molecular formula is C19H19ClFN3O3. The lowest BCUT2D eigenvalue weighted by Gasteiger charge is -2.32. The van der Waals surface area contributed by atoms with E-state index in [9.17, 15) is 14.0 Å². The Morgan fingerprint density at radius 1 is 1.26 bits per heavy atom. The Morgan fingerprint density at radius 3 is 2.67 bits per heavy atom. The molecule has 6 nitrogen and oxygen atoms in total. The summed E-state index contributed by atoms with van der Waals surface area (Å²) in [6.07, 6.45) is 0.0785. The molecule has 1 aliphatic rings. The van der Waals surface area contributed by atoms with E-state index in [-0.39, 0.29) is 18.9 Å². The van der Waals surface area contributed by atoms with Gasteiger partial charge in [-0.1, -0.05) is 17.7 Å². The molecule has 1 aliphatic heterocycles. The monoisotopic (exact) mass is 391 g/mol. The van der Waals surface area contributed by atoms with E-state index in [4.69, 9.17) is 16.3 Å². The van der Waals surface area contributed by atoms with E-state index >= 15 is 0 Å². The molecule has 1 saturated heterocycles. The van der Waals surface area contributed by atoms with Gasteiger partial charge in [-0.3, -0.25) is 4.79 Å². The van der Waals surface area contributed by atoms with E-state index in [1.54, 1.807) is 36.4 Å². The first kappa shape index (κ1) is 19.0. The lowest BCUT2D eigenvalue weighted by atomic mass is 9.85. The molecule has 0 aromatic heterocycles. The first-order chi connectivity index (χ1) is 13.0. The molecule has 2 aromatic carbocycles. The molecule has 0 aliphatic carbocycles. The molecule has 1 fully saturated rings. The van der Waals surface area contributed by atoms with Crippen LogP contribution in [0.15, 0.2) is 42.5 Å².